The third-order valence-corrected chi connectivity index (χ3v) is 7.72. The number of carbonyl (C=O) groups excluding carboxylic acids is 2. The summed E-state index contributed by atoms with van der Waals surface area (Å²) in [6, 6.07) is 16.8. The summed E-state index contributed by atoms with van der Waals surface area (Å²) in [7, 11) is 0. The van der Waals surface area contributed by atoms with Crippen molar-refractivity contribution >= 4 is 28.6 Å². The minimum Gasteiger partial charge on any atom is -0.379 e. The van der Waals surface area contributed by atoms with Crippen LogP contribution in [0.5, 0.6) is 0 Å². The molecule has 0 fully saturated rings. The highest BCUT2D eigenvalue weighted by Gasteiger charge is 2.30. The van der Waals surface area contributed by atoms with Gasteiger partial charge in [0.25, 0.3) is 0 Å². The number of hydrogen-bond donors (Lipinski definition) is 2. The minimum absolute atomic E-state index is 0.0252. The van der Waals surface area contributed by atoms with Gasteiger partial charge in [-0.15, -0.1) is 0 Å². The van der Waals surface area contributed by atoms with Crippen LogP contribution in [-0.4, -0.2) is 77.8 Å². The summed E-state index contributed by atoms with van der Waals surface area (Å²) in [6.07, 6.45) is 5.46. The summed E-state index contributed by atoms with van der Waals surface area (Å²) in [5, 5.41) is 2.95. The Morgan fingerprint density at radius 1 is 0.698 bits per heavy atom. The zero-order valence-electron chi connectivity index (χ0n) is 25.3. The van der Waals surface area contributed by atoms with Crippen LogP contribution in [0.1, 0.15) is 61.6 Å². The molecule has 0 aromatic heterocycles. The number of fused-ring (bicyclic) bond motifs is 4. The number of benzene rings is 2. The van der Waals surface area contributed by atoms with E-state index in [1.807, 2.05) is 11.0 Å². The number of carbonyl (C=O) groups is 2. The number of para-hydroxylation sites is 1. The average Bonchev–Trinajstić information content (AvgIpc) is 3.00. The van der Waals surface area contributed by atoms with Crippen LogP contribution in [-0.2, 0) is 35.1 Å². The predicted octanol–water partition coefficient (Wildman–Crippen LogP) is 4.33. The summed E-state index contributed by atoms with van der Waals surface area (Å²) >= 11 is 0. The Balaban J connectivity index is 1.06. The van der Waals surface area contributed by atoms with Crippen LogP contribution in [0.15, 0.2) is 48.5 Å². The highest BCUT2D eigenvalue weighted by atomic mass is 16.6. The van der Waals surface area contributed by atoms with Gasteiger partial charge in [-0.1, -0.05) is 48.9 Å². The standard InChI is InChI=1S/C34H47N3O6/c35-16-19-41-21-23-43-25-24-42-22-20-40-18-15-33(38)36-17-7-1-2-12-34(39)37-26-27-8-3-4-9-28(27)29-13-14-30(29)31-10-5-6-11-32(31)37/h3-6,8-11H,1-2,7,12-26,35H2,(H,36,38). The quantitative estimate of drug-likeness (QED) is 0.220. The number of allylic oxidation sites excluding steroid dienone is 2. The molecule has 1 aliphatic heterocycles. The summed E-state index contributed by atoms with van der Waals surface area (Å²) in [5.74, 6) is 0.124. The molecule has 234 valence electrons. The second-order valence-electron chi connectivity index (χ2n) is 10.8. The molecule has 2 amide bonds. The summed E-state index contributed by atoms with van der Waals surface area (Å²) < 4.78 is 21.5. The molecule has 1 aliphatic carbocycles. The third kappa shape index (κ3) is 10.3. The van der Waals surface area contributed by atoms with E-state index in [4.69, 9.17) is 24.7 Å². The van der Waals surface area contributed by atoms with E-state index in [0.29, 0.717) is 85.3 Å². The molecular formula is C34H47N3O6. The fourth-order valence-corrected chi connectivity index (χ4v) is 5.40. The summed E-state index contributed by atoms with van der Waals surface area (Å²) in [4.78, 5) is 27.6. The van der Waals surface area contributed by atoms with Crippen molar-refractivity contribution in [1.82, 2.24) is 5.32 Å². The van der Waals surface area contributed by atoms with E-state index in [1.54, 1.807) is 0 Å². The van der Waals surface area contributed by atoms with Crippen molar-refractivity contribution in [3.63, 3.8) is 0 Å². The molecule has 0 bridgehead atoms. The zero-order valence-corrected chi connectivity index (χ0v) is 25.3. The van der Waals surface area contributed by atoms with E-state index < -0.39 is 0 Å². The Labute approximate surface area is 255 Å². The first-order chi connectivity index (χ1) is 21.2. The topological polar surface area (TPSA) is 112 Å². The number of nitrogens with zero attached hydrogens (tertiary/aromatic N) is 1. The Kier molecular flexibility index (Phi) is 14.2. The molecule has 0 saturated heterocycles. The first kappa shape index (κ1) is 32.8. The molecule has 9 nitrogen and oxygen atoms in total. The van der Waals surface area contributed by atoms with Gasteiger partial charge >= 0.3 is 0 Å². The lowest BCUT2D eigenvalue weighted by Gasteiger charge is -2.35. The van der Waals surface area contributed by atoms with Gasteiger partial charge in [0, 0.05) is 31.5 Å². The van der Waals surface area contributed by atoms with Crippen molar-refractivity contribution in [2.45, 2.75) is 51.5 Å². The molecule has 0 radical (unpaired) electrons. The smallest absolute Gasteiger partial charge is 0.227 e. The van der Waals surface area contributed by atoms with Gasteiger partial charge in [0.2, 0.25) is 11.8 Å². The number of rotatable bonds is 20. The lowest BCUT2D eigenvalue weighted by Crippen LogP contribution is -2.32. The fourth-order valence-electron chi connectivity index (χ4n) is 5.40. The van der Waals surface area contributed by atoms with Crippen molar-refractivity contribution in [3.8, 4) is 0 Å². The van der Waals surface area contributed by atoms with Crippen LogP contribution in [0.3, 0.4) is 0 Å². The van der Waals surface area contributed by atoms with Gasteiger partial charge in [0.05, 0.1) is 65.1 Å². The molecule has 9 heteroatoms. The van der Waals surface area contributed by atoms with Gasteiger partial charge in [0.1, 0.15) is 0 Å². The van der Waals surface area contributed by atoms with Gasteiger partial charge in [-0.05, 0) is 54.0 Å². The van der Waals surface area contributed by atoms with Crippen LogP contribution in [0.2, 0.25) is 0 Å². The Hall–Kier alpha value is -3.08. The Morgan fingerprint density at radius 3 is 2.00 bits per heavy atom. The maximum atomic E-state index is 13.5. The first-order valence-corrected chi connectivity index (χ1v) is 15.7. The molecule has 0 atom stereocenters. The number of unbranched alkanes of at least 4 members (excludes halogenated alkanes) is 2. The SMILES string of the molecule is NCCOCCOCCOCCOCCC(=O)NCCCCCC(=O)N1Cc2ccccc2C2=C(CC2)c2ccccc21. The maximum Gasteiger partial charge on any atom is 0.227 e. The highest BCUT2D eigenvalue weighted by molar-refractivity contribution is 6.05. The van der Waals surface area contributed by atoms with Crippen molar-refractivity contribution in [2.75, 3.05) is 70.8 Å². The summed E-state index contributed by atoms with van der Waals surface area (Å²) in [6.45, 7) is 5.56. The van der Waals surface area contributed by atoms with E-state index in [1.165, 1.54) is 27.8 Å². The molecule has 0 saturated carbocycles. The average molecular weight is 594 g/mol. The summed E-state index contributed by atoms with van der Waals surface area (Å²) in [5.41, 5.74) is 12.8. The van der Waals surface area contributed by atoms with E-state index in [2.05, 4.69) is 47.8 Å². The third-order valence-electron chi connectivity index (χ3n) is 7.72. The van der Waals surface area contributed by atoms with E-state index in [0.717, 1.165) is 37.8 Å². The number of nitrogens with two attached hydrogens (primary N) is 1. The number of ether oxygens (including phenoxy) is 4. The molecule has 2 aromatic carbocycles. The normalized spacial score (nSPS) is 13.8. The second-order valence-corrected chi connectivity index (χ2v) is 10.8. The number of nitrogens with one attached hydrogen (secondary N) is 1. The van der Waals surface area contributed by atoms with Gasteiger partial charge in [0.15, 0.2) is 0 Å². The number of anilines is 1. The van der Waals surface area contributed by atoms with Crippen molar-refractivity contribution in [3.05, 3.63) is 65.2 Å². The molecule has 4 rings (SSSR count). The minimum atomic E-state index is -0.0252. The maximum absolute atomic E-state index is 13.5. The Bertz CT molecular complexity index is 1200. The van der Waals surface area contributed by atoms with Crippen LogP contribution in [0, 0.1) is 0 Å². The second kappa shape index (κ2) is 18.6. The van der Waals surface area contributed by atoms with Gasteiger partial charge in [-0.2, -0.15) is 0 Å². The molecule has 2 aromatic rings. The monoisotopic (exact) mass is 593 g/mol. The molecule has 43 heavy (non-hydrogen) atoms. The predicted molar refractivity (Wildman–Crippen MR) is 169 cm³/mol. The lowest BCUT2D eigenvalue weighted by molar-refractivity contribution is -0.122. The van der Waals surface area contributed by atoms with E-state index in [-0.39, 0.29) is 11.8 Å². The van der Waals surface area contributed by atoms with Crippen molar-refractivity contribution < 1.29 is 28.5 Å². The van der Waals surface area contributed by atoms with E-state index in [9.17, 15) is 9.59 Å². The van der Waals surface area contributed by atoms with E-state index >= 15 is 0 Å². The first-order valence-electron chi connectivity index (χ1n) is 15.7. The molecule has 0 unspecified atom stereocenters. The van der Waals surface area contributed by atoms with Crippen LogP contribution >= 0.6 is 0 Å². The molecule has 3 N–H and O–H groups in total. The van der Waals surface area contributed by atoms with Crippen LogP contribution in [0.4, 0.5) is 5.69 Å². The molecule has 2 aliphatic rings. The largest absolute Gasteiger partial charge is 0.379 e. The highest BCUT2D eigenvalue weighted by Crippen LogP contribution is 2.48. The lowest BCUT2D eigenvalue weighted by atomic mass is 9.77. The van der Waals surface area contributed by atoms with Gasteiger partial charge in [-0.3, -0.25) is 9.59 Å². The van der Waals surface area contributed by atoms with Crippen molar-refractivity contribution in [1.29, 1.82) is 0 Å². The molecule has 1 heterocycles. The molecular weight excluding hydrogens is 546 g/mol. The van der Waals surface area contributed by atoms with Gasteiger partial charge < -0.3 is 34.9 Å². The van der Waals surface area contributed by atoms with Crippen LogP contribution < -0.4 is 16.0 Å². The van der Waals surface area contributed by atoms with Crippen molar-refractivity contribution in [2.24, 2.45) is 5.73 Å². The Morgan fingerprint density at radius 2 is 1.30 bits per heavy atom. The number of hydrogen-bond acceptors (Lipinski definition) is 7. The number of amides is 2. The molecule has 0 spiro atoms. The fraction of sp³-hybridized carbons (Fsp3) is 0.529. The zero-order chi connectivity index (χ0) is 30.1. The van der Waals surface area contributed by atoms with Gasteiger partial charge in [-0.25, -0.2) is 0 Å². The van der Waals surface area contributed by atoms with Crippen LogP contribution in [0.25, 0.3) is 11.1 Å².